The van der Waals surface area contributed by atoms with E-state index in [1.54, 1.807) is 38.8 Å². The molecule has 0 radical (unpaired) electrons. The highest BCUT2D eigenvalue weighted by Crippen LogP contribution is 2.46. The molecule has 0 amide bonds. The van der Waals surface area contributed by atoms with Crippen molar-refractivity contribution in [3.05, 3.63) is 61.8 Å². The highest BCUT2D eigenvalue weighted by atomic mass is 35.5. The SMILES string of the molecule is CCOC(=O)C1=C(SCC(N)C(=O)OCC)N(C)C(C)=C(C(=O)OC)C1c1cccc([N+](=O)[O-])c1.Cl. The van der Waals surface area contributed by atoms with Gasteiger partial charge in [0.2, 0.25) is 0 Å². The lowest BCUT2D eigenvalue weighted by Crippen LogP contribution is -2.37. The second-order valence-electron chi connectivity index (χ2n) is 7.44. The molecule has 2 N–H and O–H groups in total. The molecular formula is C23H30ClN3O8S. The summed E-state index contributed by atoms with van der Waals surface area (Å²) in [5.74, 6) is -2.94. The van der Waals surface area contributed by atoms with Crippen molar-refractivity contribution in [3.63, 3.8) is 0 Å². The Morgan fingerprint density at radius 2 is 1.81 bits per heavy atom. The topological polar surface area (TPSA) is 151 Å². The summed E-state index contributed by atoms with van der Waals surface area (Å²) in [6, 6.07) is 4.71. The number of ether oxygens (including phenoxy) is 3. The molecule has 198 valence electrons. The number of non-ortho nitro benzene ring substituents is 1. The number of rotatable bonds is 10. The molecule has 13 heteroatoms. The maximum atomic E-state index is 13.2. The number of carbonyl (C=O) groups is 3. The van der Waals surface area contributed by atoms with Crippen LogP contribution in [0.2, 0.25) is 0 Å². The van der Waals surface area contributed by atoms with Crippen LogP contribution >= 0.6 is 24.2 Å². The van der Waals surface area contributed by atoms with E-state index in [0.717, 1.165) is 11.8 Å². The molecule has 0 aromatic heterocycles. The van der Waals surface area contributed by atoms with Crippen molar-refractivity contribution in [2.24, 2.45) is 5.73 Å². The average Bonchev–Trinajstić information content (AvgIpc) is 2.84. The summed E-state index contributed by atoms with van der Waals surface area (Å²) in [5.41, 5.74) is 6.78. The van der Waals surface area contributed by atoms with E-state index in [4.69, 9.17) is 19.9 Å². The quantitative estimate of drug-likeness (QED) is 0.201. The third-order valence-electron chi connectivity index (χ3n) is 5.31. The summed E-state index contributed by atoms with van der Waals surface area (Å²) < 4.78 is 15.3. The Morgan fingerprint density at radius 1 is 1.17 bits per heavy atom. The van der Waals surface area contributed by atoms with Gasteiger partial charge in [-0.15, -0.1) is 24.2 Å². The third-order valence-corrected chi connectivity index (χ3v) is 6.60. The van der Waals surface area contributed by atoms with Crippen molar-refractivity contribution in [2.45, 2.75) is 32.7 Å². The number of halogens is 1. The van der Waals surface area contributed by atoms with E-state index < -0.39 is 34.8 Å². The lowest BCUT2D eigenvalue weighted by atomic mass is 9.81. The number of hydrogen-bond donors (Lipinski definition) is 1. The van der Waals surface area contributed by atoms with E-state index in [1.807, 2.05) is 0 Å². The fourth-order valence-corrected chi connectivity index (χ4v) is 4.75. The Hall–Kier alpha value is -3.09. The highest BCUT2D eigenvalue weighted by molar-refractivity contribution is 8.03. The molecule has 0 fully saturated rings. The normalized spacial score (nSPS) is 16.2. The number of nitro benzene ring substituents is 1. The molecule has 1 aromatic rings. The van der Waals surface area contributed by atoms with Gasteiger partial charge in [0.05, 0.1) is 47.3 Å². The molecule has 11 nitrogen and oxygen atoms in total. The average molecular weight is 544 g/mol. The van der Waals surface area contributed by atoms with Crippen molar-refractivity contribution in [1.29, 1.82) is 0 Å². The molecule has 2 atom stereocenters. The summed E-state index contributed by atoms with van der Waals surface area (Å²) in [6.07, 6.45) is 0. The predicted octanol–water partition coefficient (Wildman–Crippen LogP) is 2.89. The van der Waals surface area contributed by atoms with Crippen molar-refractivity contribution >= 4 is 47.8 Å². The predicted molar refractivity (Wildman–Crippen MR) is 136 cm³/mol. The second-order valence-corrected chi connectivity index (χ2v) is 8.45. The maximum Gasteiger partial charge on any atom is 0.337 e. The molecule has 1 aliphatic rings. The molecule has 36 heavy (non-hydrogen) atoms. The van der Waals surface area contributed by atoms with Gasteiger partial charge in [-0.05, 0) is 26.3 Å². The maximum absolute atomic E-state index is 13.2. The van der Waals surface area contributed by atoms with E-state index in [-0.39, 0.29) is 48.2 Å². The van der Waals surface area contributed by atoms with Gasteiger partial charge in [0, 0.05) is 30.6 Å². The molecular weight excluding hydrogens is 514 g/mol. The fraction of sp³-hybridized carbons (Fsp3) is 0.435. The first-order chi connectivity index (χ1) is 16.6. The minimum atomic E-state index is -1.01. The molecule has 0 saturated carbocycles. The molecule has 1 aromatic carbocycles. The van der Waals surface area contributed by atoms with Crippen LogP contribution in [0.3, 0.4) is 0 Å². The third kappa shape index (κ3) is 6.77. The van der Waals surface area contributed by atoms with Crippen LogP contribution in [0, 0.1) is 10.1 Å². The number of allylic oxidation sites excluding steroid dienone is 1. The van der Waals surface area contributed by atoms with Gasteiger partial charge in [-0.3, -0.25) is 14.9 Å². The number of thioether (sulfide) groups is 1. The molecule has 0 aliphatic carbocycles. The number of esters is 3. The van der Waals surface area contributed by atoms with Gasteiger partial charge in [0.25, 0.3) is 5.69 Å². The van der Waals surface area contributed by atoms with Gasteiger partial charge in [0.1, 0.15) is 6.04 Å². The van der Waals surface area contributed by atoms with Crippen LogP contribution < -0.4 is 5.73 Å². The lowest BCUT2D eigenvalue weighted by Gasteiger charge is -2.36. The lowest BCUT2D eigenvalue weighted by molar-refractivity contribution is -0.384. The van der Waals surface area contributed by atoms with E-state index in [9.17, 15) is 24.5 Å². The Kier molecular flexibility index (Phi) is 11.9. The number of nitrogens with two attached hydrogens (primary N) is 1. The van der Waals surface area contributed by atoms with Crippen LogP contribution in [0.1, 0.15) is 32.3 Å². The van der Waals surface area contributed by atoms with Crippen molar-refractivity contribution in [3.8, 4) is 0 Å². The van der Waals surface area contributed by atoms with Gasteiger partial charge >= 0.3 is 17.9 Å². The first-order valence-electron chi connectivity index (χ1n) is 10.8. The first kappa shape index (κ1) is 30.9. The zero-order valence-corrected chi connectivity index (χ0v) is 22.3. The molecule has 1 heterocycles. The summed E-state index contributed by atoms with van der Waals surface area (Å²) in [4.78, 5) is 50.6. The number of carbonyl (C=O) groups excluding carboxylic acids is 3. The van der Waals surface area contributed by atoms with Crippen molar-refractivity contribution < 1.29 is 33.5 Å². The van der Waals surface area contributed by atoms with Crippen molar-refractivity contribution in [1.82, 2.24) is 4.90 Å². The van der Waals surface area contributed by atoms with Crippen LogP contribution in [0.4, 0.5) is 5.69 Å². The molecule has 1 aliphatic heterocycles. The number of nitro groups is 1. The second kappa shape index (κ2) is 13.9. The Balaban J connectivity index is 0.00000648. The molecule has 0 spiro atoms. The van der Waals surface area contributed by atoms with Crippen LogP contribution in [0.15, 0.2) is 46.1 Å². The van der Waals surface area contributed by atoms with Gasteiger partial charge in [-0.1, -0.05) is 12.1 Å². The van der Waals surface area contributed by atoms with Gasteiger partial charge in [0.15, 0.2) is 0 Å². The molecule has 0 saturated heterocycles. The number of benzene rings is 1. The van der Waals surface area contributed by atoms with Crippen LogP contribution in [-0.2, 0) is 28.6 Å². The Morgan fingerprint density at radius 3 is 2.36 bits per heavy atom. The standard InChI is InChI=1S/C23H29N3O8S.ClH/c1-6-33-21(27)16(24)12-35-20-19(23(29)34-7-2)18(14-9-8-10-15(11-14)26(30)31)17(22(28)32-5)13(3)25(20)4;/h8-11,16,18H,6-7,12,24H2,1-5H3;1H. The molecule has 2 rings (SSSR count). The number of methoxy groups -OCH3 is 1. The summed E-state index contributed by atoms with van der Waals surface area (Å²) in [5, 5.41) is 11.8. The Bertz CT molecular complexity index is 1080. The highest BCUT2D eigenvalue weighted by Gasteiger charge is 2.41. The smallest absolute Gasteiger partial charge is 0.337 e. The van der Waals surface area contributed by atoms with Gasteiger partial charge in [-0.2, -0.15) is 0 Å². The fourth-order valence-electron chi connectivity index (χ4n) is 3.59. The van der Waals surface area contributed by atoms with Crippen LogP contribution in [-0.4, -0.2) is 66.9 Å². The van der Waals surface area contributed by atoms with E-state index in [2.05, 4.69) is 0 Å². The molecule has 2 unspecified atom stereocenters. The van der Waals surface area contributed by atoms with Crippen LogP contribution in [0.25, 0.3) is 0 Å². The number of nitrogens with zero attached hydrogens (tertiary/aromatic N) is 2. The summed E-state index contributed by atoms with van der Waals surface area (Å²) in [6.45, 7) is 5.21. The minimum Gasteiger partial charge on any atom is -0.466 e. The monoisotopic (exact) mass is 543 g/mol. The summed E-state index contributed by atoms with van der Waals surface area (Å²) >= 11 is 1.12. The zero-order valence-electron chi connectivity index (χ0n) is 20.6. The largest absolute Gasteiger partial charge is 0.466 e. The summed E-state index contributed by atoms with van der Waals surface area (Å²) in [7, 11) is 2.86. The van der Waals surface area contributed by atoms with E-state index >= 15 is 0 Å². The minimum absolute atomic E-state index is 0. The van der Waals surface area contributed by atoms with Gasteiger partial charge < -0.3 is 24.8 Å². The first-order valence-corrected chi connectivity index (χ1v) is 11.8. The van der Waals surface area contributed by atoms with Crippen LogP contribution in [0.5, 0.6) is 0 Å². The number of hydrogen-bond acceptors (Lipinski definition) is 11. The molecule has 0 bridgehead atoms. The zero-order chi connectivity index (χ0) is 26.3. The van der Waals surface area contributed by atoms with E-state index in [0.29, 0.717) is 16.3 Å². The Labute approximate surface area is 219 Å². The van der Waals surface area contributed by atoms with Gasteiger partial charge in [-0.25, -0.2) is 9.59 Å². The van der Waals surface area contributed by atoms with Crippen molar-refractivity contribution in [2.75, 3.05) is 33.1 Å². The van der Waals surface area contributed by atoms with E-state index in [1.165, 1.54) is 25.3 Å².